The summed E-state index contributed by atoms with van der Waals surface area (Å²) in [6.07, 6.45) is 10.7. The van der Waals surface area contributed by atoms with Gasteiger partial charge in [-0.25, -0.2) is 4.98 Å². The van der Waals surface area contributed by atoms with Crippen LogP contribution in [0.5, 0.6) is 0 Å². The Morgan fingerprint density at radius 2 is 2.00 bits per heavy atom. The average Bonchev–Trinajstić information content (AvgIpc) is 2.46. The van der Waals surface area contributed by atoms with Crippen molar-refractivity contribution >= 4 is 5.82 Å². The van der Waals surface area contributed by atoms with E-state index in [4.69, 9.17) is 4.98 Å². The van der Waals surface area contributed by atoms with Crippen molar-refractivity contribution in [1.82, 2.24) is 15.3 Å². The minimum atomic E-state index is 0.473. The topological polar surface area (TPSA) is 41.1 Å². The summed E-state index contributed by atoms with van der Waals surface area (Å²) in [5, 5.41) is 3.39. The smallest absolute Gasteiger partial charge is 0.147 e. The minimum absolute atomic E-state index is 0.473. The third-order valence-electron chi connectivity index (χ3n) is 4.01. The molecular formula is C16H28N4. The summed E-state index contributed by atoms with van der Waals surface area (Å²) < 4.78 is 0. The maximum atomic E-state index is 4.71. The molecule has 4 nitrogen and oxygen atoms in total. The monoisotopic (exact) mass is 276 g/mol. The predicted molar refractivity (Wildman–Crippen MR) is 83.9 cm³/mol. The van der Waals surface area contributed by atoms with E-state index in [1.807, 2.05) is 12.4 Å². The lowest BCUT2D eigenvalue weighted by Crippen LogP contribution is -2.28. The van der Waals surface area contributed by atoms with E-state index in [9.17, 15) is 0 Å². The zero-order valence-corrected chi connectivity index (χ0v) is 13.1. The van der Waals surface area contributed by atoms with Crippen molar-refractivity contribution < 1.29 is 0 Å². The van der Waals surface area contributed by atoms with Crippen LogP contribution in [0.25, 0.3) is 0 Å². The zero-order valence-electron chi connectivity index (χ0n) is 13.1. The van der Waals surface area contributed by atoms with Crippen molar-refractivity contribution in [3.63, 3.8) is 0 Å². The maximum absolute atomic E-state index is 4.71. The Morgan fingerprint density at radius 3 is 2.70 bits per heavy atom. The third-order valence-corrected chi connectivity index (χ3v) is 4.01. The summed E-state index contributed by atoms with van der Waals surface area (Å²) in [5.41, 5.74) is 1.02. The molecule has 1 aromatic heterocycles. The highest BCUT2D eigenvalue weighted by molar-refractivity contribution is 5.35. The highest BCUT2D eigenvalue weighted by Crippen LogP contribution is 2.25. The quantitative estimate of drug-likeness (QED) is 0.867. The summed E-state index contributed by atoms with van der Waals surface area (Å²) in [6, 6.07) is 0.473. The van der Waals surface area contributed by atoms with Crippen LogP contribution in [0, 0.1) is 5.92 Å². The molecule has 0 atom stereocenters. The average molecular weight is 276 g/mol. The fourth-order valence-electron chi connectivity index (χ4n) is 2.82. The molecule has 0 radical (unpaired) electrons. The summed E-state index contributed by atoms with van der Waals surface area (Å²) in [6.45, 7) is 6.18. The number of nitrogens with one attached hydrogen (secondary N) is 1. The van der Waals surface area contributed by atoms with Crippen LogP contribution >= 0.6 is 0 Å². The fraction of sp³-hybridized carbons (Fsp3) is 0.750. The van der Waals surface area contributed by atoms with Crippen LogP contribution < -0.4 is 10.2 Å². The van der Waals surface area contributed by atoms with E-state index < -0.39 is 0 Å². The van der Waals surface area contributed by atoms with Gasteiger partial charge in [0, 0.05) is 32.4 Å². The molecule has 0 aromatic carbocycles. The van der Waals surface area contributed by atoms with E-state index >= 15 is 0 Å². The van der Waals surface area contributed by atoms with Crippen LogP contribution in [0.1, 0.15) is 51.6 Å². The minimum Gasteiger partial charge on any atom is -0.358 e. The second-order valence-electron chi connectivity index (χ2n) is 6.29. The fourth-order valence-corrected chi connectivity index (χ4v) is 2.82. The molecule has 1 aliphatic carbocycles. The molecule has 20 heavy (non-hydrogen) atoms. The molecule has 4 heteroatoms. The first-order valence-corrected chi connectivity index (χ1v) is 7.90. The predicted octanol–water partition coefficient (Wildman–Crippen LogP) is 2.99. The molecule has 0 spiro atoms. The Labute approximate surface area is 123 Å². The van der Waals surface area contributed by atoms with Crippen LogP contribution in [-0.4, -0.2) is 29.6 Å². The van der Waals surface area contributed by atoms with Gasteiger partial charge >= 0.3 is 0 Å². The zero-order chi connectivity index (χ0) is 14.4. The lowest BCUT2D eigenvalue weighted by molar-refractivity contribution is 0.361. The maximum Gasteiger partial charge on any atom is 0.147 e. The molecule has 1 heterocycles. The molecule has 0 unspecified atom stereocenters. The second kappa shape index (κ2) is 7.58. The Hall–Kier alpha value is -1.16. The molecule has 112 valence electrons. The van der Waals surface area contributed by atoms with Gasteiger partial charge in [-0.2, -0.15) is 0 Å². The first-order chi connectivity index (χ1) is 9.65. The van der Waals surface area contributed by atoms with Crippen LogP contribution in [0.3, 0.4) is 0 Å². The van der Waals surface area contributed by atoms with Crippen molar-refractivity contribution in [1.29, 1.82) is 0 Å². The highest BCUT2D eigenvalue weighted by atomic mass is 15.2. The molecule has 2 rings (SSSR count). The van der Waals surface area contributed by atoms with E-state index in [2.05, 4.69) is 36.1 Å². The van der Waals surface area contributed by atoms with Gasteiger partial charge < -0.3 is 10.2 Å². The molecular weight excluding hydrogens is 248 g/mol. The number of aromatic nitrogens is 2. The van der Waals surface area contributed by atoms with Gasteiger partial charge in [-0.15, -0.1) is 0 Å². The molecule has 0 saturated heterocycles. The summed E-state index contributed by atoms with van der Waals surface area (Å²) >= 11 is 0. The van der Waals surface area contributed by atoms with Gasteiger partial charge in [0.05, 0.1) is 11.9 Å². The Bertz CT molecular complexity index is 399. The van der Waals surface area contributed by atoms with Crippen molar-refractivity contribution in [2.45, 2.75) is 58.5 Å². The molecule has 1 aromatic rings. The highest BCUT2D eigenvalue weighted by Gasteiger charge is 2.16. The van der Waals surface area contributed by atoms with Gasteiger partial charge in [0.1, 0.15) is 5.82 Å². The van der Waals surface area contributed by atoms with Crippen LogP contribution in [0.4, 0.5) is 5.82 Å². The standard InChI is InChI=1S/C16H28N4/c1-13(2)18-10-15-9-17-11-16(19-15)20(3)12-14-7-5-4-6-8-14/h9,11,13-14,18H,4-8,10,12H2,1-3H3. The number of anilines is 1. The number of hydrogen-bond donors (Lipinski definition) is 1. The molecule has 1 fully saturated rings. The third kappa shape index (κ3) is 4.75. The molecule has 0 aliphatic heterocycles. The van der Waals surface area contributed by atoms with E-state index in [-0.39, 0.29) is 0 Å². The second-order valence-corrected chi connectivity index (χ2v) is 6.29. The molecule has 1 aliphatic rings. The molecule has 1 N–H and O–H groups in total. The van der Waals surface area contributed by atoms with Crippen LogP contribution in [-0.2, 0) is 6.54 Å². The molecule has 1 saturated carbocycles. The number of rotatable bonds is 6. The Morgan fingerprint density at radius 1 is 1.25 bits per heavy atom. The van der Waals surface area contributed by atoms with Crippen molar-refractivity contribution in [3.05, 3.63) is 18.1 Å². The molecule has 0 bridgehead atoms. The summed E-state index contributed by atoms with van der Waals surface area (Å²) in [4.78, 5) is 11.3. The number of hydrogen-bond acceptors (Lipinski definition) is 4. The largest absolute Gasteiger partial charge is 0.358 e. The van der Waals surface area contributed by atoms with Gasteiger partial charge in [0.15, 0.2) is 0 Å². The van der Waals surface area contributed by atoms with Crippen molar-refractivity contribution in [2.24, 2.45) is 5.92 Å². The van der Waals surface area contributed by atoms with Gasteiger partial charge in [0.25, 0.3) is 0 Å². The van der Waals surface area contributed by atoms with Gasteiger partial charge in [-0.3, -0.25) is 4.98 Å². The van der Waals surface area contributed by atoms with E-state index in [1.54, 1.807) is 0 Å². The SMILES string of the molecule is CC(C)NCc1cncc(N(C)CC2CCCCC2)n1. The van der Waals surface area contributed by atoms with Crippen LogP contribution in [0.2, 0.25) is 0 Å². The van der Waals surface area contributed by atoms with Crippen LogP contribution in [0.15, 0.2) is 12.4 Å². The van der Waals surface area contributed by atoms with Crippen molar-refractivity contribution in [3.8, 4) is 0 Å². The van der Waals surface area contributed by atoms with Gasteiger partial charge in [0.2, 0.25) is 0 Å². The van der Waals surface area contributed by atoms with E-state index in [1.165, 1.54) is 32.1 Å². The van der Waals surface area contributed by atoms with Gasteiger partial charge in [-0.05, 0) is 18.8 Å². The Balaban J connectivity index is 1.91. The first kappa shape index (κ1) is 15.2. The number of nitrogens with zero attached hydrogens (tertiary/aromatic N) is 3. The lowest BCUT2D eigenvalue weighted by atomic mass is 9.89. The summed E-state index contributed by atoms with van der Waals surface area (Å²) in [5.74, 6) is 1.83. The lowest BCUT2D eigenvalue weighted by Gasteiger charge is -2.27. The molecule has 0 amide bonds. The van der Waals surface area contributed by atoms with Gasteiger partial charge in [-0.1, -0.05) is 33.1 Å². The summed E-state index contributed by atoms with van der Waals surface area (Å²) in [7, 11) is 2.14. The Kier molecular flexibility index (Phi) is 5.77. The first-order valence-electron chi connectivity index (χ1n) is 7.90. The van der Waals surface area contributed by atoms with E-state index in [0.717, 1.165) is 30.5 Å². The van der Waals surface area contributed by atoms with E-state index in [0.29, 0.717) is 6.04 Å². The normalized spacial score (nSPS) is 16.6. The van der Waals surface area contributed by atoms with Crippen molar-refractivity contribution in [2.75, 3.05) is 18.5 Å².